The van der Waals surface area contributed by atoms with Crippen molar-refractivity contribution in [1.29, 1.82) is 0 Å². The number of rotatable bonds is 2. The fourth-order valence-corrected chi connectivity index (χ4v) is 3.08. The first-order valence-corrected chi connectivity index (χ1v) is 7.31. The molecule has 1 nitrogen and oxygen atoms in total. The highest BCUT2D eigenvalue weighted by molar-refractivity contribution is 14.1. The molecule has 0 radical (unpaired) electrons. The first-order chi connectivity index (χ1) is 7.66. The molecule has 2 heteroatoms. The third-order valence-electron chi connectivity index (χ3n) is 3.43. The van der Waals surface area contributed by atoms with Gasteiger partial charge in [0.2, 0.25) is 0 Å². The highest BCUT2D eigenvalue weighted by Crippen LogP contribution is 2.29. The molecule has 0 bridgehead atoms. The van der Waals surface area contributed by atoms with E-state index >= 15 is 0 Å². The van der Waals surface area contributed by atoms with E-state index < -0.39 is 0 Å². The molecule has 1 aromatic rings. The fraction of sp³-hybridized carbons (Fsp3) is 0.571. The van der Waals surface area contributed by atoms with Crippen LogP contribution in [-0.4, -0.2) is 21.9 Å². The van der Waals surface area contributed by atoms with Crippen molar-refractivity contribution in [2.45, 2.75) is 24.3 Å². The van der Waals surface area contributed by atoms with E-state index in [1.54, 1.807) is 0 Å². The SMILES string of the molecule is CC1CN(Cc2ccccc2)CC(C)C1I. The predicted molar refractivity (Wildman–Crippen MR) is 77.9 cm³/mol. The van der Waals surface area contributed by atoms with Crippen LogP contribution >= 0.6 is 22.6 Å². The molecule has 2 rings (SSSR count). The molecule has 0 aromatic heterocycles. The predicted octanol–water partition coefficient (Wildman–Crippen LogP) is 3.58. The van der Waals surface area contributed by atoms with Gasteiger partial charge in [-0.2, -0.15) is 0 Å². The molecule has 16 heavy (non-hydrogen) atoms. The fourth-order valence-electron chi connectivity index (χ4n) is 2.62. The molecule has 0 spiro atoms. The lowest BCUT2D eigenvalue weighted by Gasteiger charge is -2.38. The summed E-state index contributed by atoms with van der Waals surface area (Å²) >= 11 is 2.62. The molecule has 88 valence electrons. The number of piperidine rings is 1. The molecule has 1 heterocycles. The first-order valence-electron chi connectivity index (χ1n) is 6.07. The zero-order valence-electron chi connectivity index (χ0n) is 10.1. The molecular formula is C14H20IN. The minimum Gasteiger partial charge on any atom is -0.298 e. The van der Waals surface area contributed by atoms with Crippen LogP contribution in [-0.2, 0) is 6.54 Å². The maximum Gasteiger partial charge on any atom is 0.0233 e. The lowest BCUT2D eigenvalue weighted by molar-refractivity contribution is 0.145. The molecule has 0 aliphatic carbocycles. The summed E-state index contributed by atoms with van der Waals surface area (Å²) in [6.07, 6.45) is 0. The summed E-state index contributed by atoms with van der Waals surface area (Å²) in [6, 6.07) is 10.8. The summed E-state index contributed by atoms with van der Waals surface area (Å²) in [5.41, 5.74) is 1.44. The van der Waals surface area contributed by atoms with E-state index in [-0.39, 0.29) is 0 Å². The normalized spacial score (nSPS) is 31.6. The molecule has 1 aromatic carbocycles. The topological polar surface area (TPSA) is 3.24 Å². The third-order valence-corrected chi connectivity index (χ3v) is 5.88. The van der Waals surface area contributed by atoms with Gasteiger partial charge < -0.3 is 0 Å². The molecule has 2 atom stereocenters. The van der Waals surface area contributed by atoms with Crippen molar-refractivity contribution in [2.75, 3.05) is 13.1 Å². The maximum atomic E-state index is 2.62. The highest BCUT2D eigenvalue weighted by atomic mass is 127. The van der Waals surface area contributed by atoms with Crippen molar-refractivity contribution < 1.29 is 0 Å². The number of hydrogen-bond donors (Lipinski definition) is 0. The summed E-state index contributed by atoms with van der Waals surface area (Å²) in [4.78, 5) is 2.60. The van der Waals surface area contributed by atoms with Gasteiger partial charge in [-0.05, 0) is 17.4 Å². The van der Waals surface area contributed by atoms with E-state index in [0.717, 1.165) is 22.3 Å². The van der Waals surface area contributed by atoms with Crippen LogP contribution in [0, 0.1) is 11.8 Å². The van der Waals surface area contributed by atoms with Gasteiger partial charge in [0.15, 0.2) is 0 Å². The lowest BCUT2D eigenvalue weighted by Crippen LogP contribution is -2.44. The van der Waals surface area contributed by atoms with Crippen molar-refractivity contribution in [2.24, 2.45) is 11.8 Å². The number of benzene rings is 1. The molecule has 0 saturated carbocycles. The summed E-state index contributed by atoms with van der Waals surface area (Å²) in [7, 11) is 0. The van der Waals surface area contributed by atoms with E-state index in [4.69, 9.17) is 0 Å². The smallest absolute Gasteiger partial charge is 0.0233 e. The molecule has 1 saturated heterocycles. The van der Waals surface area contributed by atoms with E-state index in [1.165, 1.54) is 18.7 Å². The second-order valence-corrected chi connectivity index (χ2v) is 6.52. The molecule has 1 fully saturated rings. The van der Waals surface area contributed by atoms with Crippen LogP contribution in [0.1, 0.15) is 19.4 Å². The summed E-state index contributed by atoms with van der Waals surface area (Å²) < 4.78 is 0.838. The second kappa shape index (κ2) is 5.50. The van der Waals surface area contributed by atoms with Gasteiger partial charge in [0.25, 0.3) is 0 Å². The standard InChI is InChI=1S/C14H20IN/c1-11-8-16(9-12(2)14(11)15)10-13-6-4-3-5-7-13/h3-7,11-12,14H,8-10H2,1-2H3. The Bertz CT molecular complexity index is 313. The molecule has 0 N–H and O–H groups in total. The summed E-state index contributed by atoms with van der Waals surface area (Å²) in [5.74, 6) is 1.63. The second-order valence-electron chi connectivity index (χ2n) is 5.08. The number of hydrogen-bond acceptors (Lipinski definition) is 1. The van der Waals surface area contributed by atoms with Crippen LogP contribution in [0.15, 0.2) is 30.3 Å². The van der Waals surface area contributed by atoms with Crippen molar-refractivity contribution in [3.63, 3.8) is 0 Å². The summed E-state index contributed by atoms with van der Waals surface area (Å²) in [5, 5.41) is 0. The number of halogens is 1. The largest absolute Gasteiger partial charge is 0.298 e. The zero-order valence-corrected chi connectivity index (χ0v) is 12.2. The Kier molecular flexibility index (Phi) is 4.25. The Labute approximate surface area is 112 Å². The van der Waals surface area contributed by atoms with Crippen LogP contribution in [0.2, 0.25) is 0 Å². The van der Waals surface area contributed by atoms with Crippen LogP contribution in [0.5, 0.6) is 0 Å². The number of alkyl halides is 1. The molecular weight excluding hydrogens is 309 g/mol. The maximum absolute atomic E-state index is 2.62. The molecule has 1 aliphatic heterocycles. The third kappa shape index (κ3) is 2.98. The van der Waals surface area contributed by atoms with Crippen LogP contribution in [0.3, 0.4) is 0 Å². The van der Waals surface area contributed by atoms with E-state index in [9.17, 15) is 0 Å². The van der Waals surface area contributed by atoms with Crippen LogP contribution in [0.4, 0.5) is 0 Å². The van der Waals surface area contributed by atoms with Gasteiger partial charge in [-0.15, -0.1) is 0 Å². The van der Waals surface area contributed by atoms with E-state index in [0.29, 0.717) is 0 Å². The average molecular weight is 329 g/mol. The van der Waals surface area contributed by atoms with Gasteiger partial charge >= 0.3 is 0 Å². The Morgan fingerprint density at radius 3 is 2.25 bits per heavy atom. The molecule has 2 unspecified atom stereocenters. The Balaban J connectivity index is 1.97. The minimum atomic E-state index is 0.813. The quantitative estimate of drug-likeness (QED) is 0.592. The van der Waals surface area contributed by atoms with Gasteiger partial charge in [0.05, 0.1) is 0 Å². The number of nitrogens with zero attached hydrogens (tertiary/aromatic N) is 1. The highest BCUT2D eigenvalue weighted by Gasteiger charge is 2.29. The Morgan fingerprint density at radius 1 is 1.12 bits per heavy atom. The van der Waals surface area contributed by atoms with E-state index in [2.05, 4.69) is 71.7 Å². The van der Waals surface area contributed by atoms with Crippen molar-refractivity contribution >= 4 is 22.6 Å². The summed E-state index contributed by atoms with van der Waals surface area (Å²) in [6.45, 7) is 8.36. The van der Waals surface area contributed by atoms with E-state index in [1.807, 2.05) is 0 Å². The Hall–Kier alpha value is -0.0900. The van der Waals surface area contributed by atoms with Crippen molar-refractivity contribution in [1.82, 2.24) is 4.90 Å². The Morgan fingerprint density at radius 2 is 1.69 bits per heavy atom. The first kappa shape index (κ1) is 12.4. The van der Waals surface area contributed by atoms with Crippen LogP contribution in [0.25, 0.3) is 0 Å². The van der Waals surface area contributed by atoms with Crippen LogP contribution < -0.4 is 0 Å². The average Bonchev–Trinajstić information content (AvgIpc) is 2.27. The molecule has 1 aliphatic rings. The van der Waals surface area contributed by atoms with Gasteiger partial charge in [-0.25, -0.2) is 0 Å². The van der Waals surface area contributed by atoms with Gasteiger partial charge in [-0.1, -0.05) is 66.8 Å². The number of likely N-dealkylation sites (tertiary alicyclic amines) is 1. The zero-order chi connectivity index (χ0) is 11.5. The monoisotopic (exact) mass is 329 g/mol. The van der Waals surface area contributed by atoms with Gasteiger partial charge in [0, 0.05) is 23.6 Å². The van der Waals surface area contributed by atoms with Crippen molar-refractivity contribution in [3.8, 4) is 0 Å². The molecule has 0 amide bonds. The van der Waals surface area contributed by atoms with Gasteiger partial charge in [-0.3, -0.25) is 4.90 Å². The minimum absolute atomic E-state index is 0.813. The van der Waals surface area contributed by atoms with Crippen molar-refractivity contribution in [3.05, 3.63) is 35.9 Å². The lowest BCUT2D eigenvalue weighted by atomic mass is 9.91. The van der Waals surface area contributed by atoms with Gasteiger partial charge in [0.1, 0.15) is 0 Å².